The summed E-state index contributed by atoms with van der Waals surface area (Å²) in [6.07, 6.45) is 2.40. The third kappa shape index (κ3) is 7.52. The molecule has 1 aromatic carbocycles. The fourth-order valence-corrected chi connectivity index (χ4v) is 4.00. The molecule has 182 valence electrons. The van der Waals surface area contributed by atoms with E-state index in [4.69, 9.17) is 9.47 Å². The van der Waals surface area contributed by atoms with Crippen LogP contribution in [0, 0.1) is 0 Å². The predicted octanol–water partition coefficient (Wildman–Crippen LogP) is 6.68. The van der Waals surface area contributed by atoms with E-state index in [1.807, 2.05) is 0 Å². The highest BCUT2D eigenvalue weighted by Gasteiger charge is 2.40. The van der Waals surface area contributed by atoms with E-state index in [0.717, 1.165) is 38.4 Å². The summed E-state index contributed by atoms with van der Waals surface area (Å²) in [4.78, 5) is 11.6. The molecule has 10 heteroatoms. The number of carboxylic acids is 1. The van der Waals surface area contributed by atoms with Gasteiger partial charge in [-0.05, 0) is 33.5 Å². The lowest BCUT2D eigenvalue weighted by molar-refractivity contribution is -0.139. The van der Waals surface area contributed by atoms with Crippen molar-refractivity contribution in [2.24, 2.45) is 0 Å². The number of alkyl halides is 3. The van der Waals surface area contributed by atoms with Crippen LogP contribution in [0.1, 0.15) is 62.1 Å². The molecule has 1 heterocycles. The minimum absolute atomic E-state index is 0.137. The SMILES string of the molecule is CCCCCCCCn1nc(OCc2ccccc2/C(=C\OC)C(=O)O)c(C(F)(F)F)c1Br. The first-order valence-corrected chi connectivity index (χ1v) is 11.5. The number of aliphatic carboxylic acids is 1. The Kier molecular flexibility index (Phi) is 10.3. The number of rotatable bonds is 13. The molecule has 1 aromatic heterocycles. The number of hydrogen-bond acceptors (Lipinski definition) is 4. The number of carboxylic acid groups (broad SMARTS) is 1. The highest BCUT2D eigenvalue weighted by molar-refractivity contribution is 9.10. The van der Waals surface area contributed by atoms with E-state index < -0.39 is 23.6 Å². The van der Waals surface area contributed by atoms with Crippen molar-refractivity contribution in [3.8, 4) is 5.88 Å². The maximum Gasteiger partial charge on any atom is 0.424 e. The van der Waals surface area contributed by atoms with Crippen molar-refractivity contribution in [3.05, 3.63) is 51.8 Å². The monoisotopic (exact) mass is 532 g/mol. The second kappa shape index (κ2) is 12.7. The van der Waals surface area contributed by atoms with Crippen molar-refractivity contribution in [3.63, 3.8) is 0 Å². The number of nitrogens with zero attached hydrogens (tertiary/aromatic N) is 2. The molecule has 0 atom stereocenters. The Morgan fingerprint density at radius 3 is 2.48 bits per heavy atom. The first-order chi connectivity index (χ1) is 15.7. The Morgan fingerprint density at radius 2 is 1.85 bits per heavy atom. The molecule has 0 aliphatic carbocycles. The average molecular weight is 533 g/mol. The molecule has 6 nitrogen and oxygen atoms in total. The molecule has 0 bridgehead atoms. The normalized spacial score (nSPS) is 12.1. The van der Waals surface area contributed by atoms with Crippen LogP contribution in [0.5, 0.6) is 5.88 Å². The largest absolute Gasteiger partial charge is 0.503 e. The molecule has 1 N–H and O–H groups in total. The molecule has 0 spiro atoms. The number of ether oxygens (including phenoxy) is 2. The summed E-state index contributed by atoms with van der Waals surface area (Å²) in [6, 6.07) is 6.39. The number of aromatic nitrogens is 2. The molecule has 2 aromatic rings. The van der Waals surface area contributed by atoms with Crippen LogP contribution in [0.15, 0.2) is 35.1 Å². The van der Waals surface area contributed by atoms with Crippen LogP contribution < -0.4 is 4.74 Å². The second-order valence-electron chi connectivity index (χ2n) is 7.48. The molecule has 33 heavy (non-hydrogen) atoms. The summed E-state index contributed by atoms with van der Waals surface area (Å²) in [7, 11) is 1.31. The predicted molar refractivity (Wildman–Crippen MR) is 122 cm³/mol. The Bertz CT molecular complexity index is 958. The molecule has 0 saturated heterocycles. The van der Waals surface area contributed by atoms with Crippen molar-refractivity contribution in [2.45, 2.75) is 64.8 Å². The van der Waals surface area contributed by atoms with Gasteiger partial charge in [-0.15, -0.1) is 5.10 Å². The third-order valence-corrected chi connectivity index (χ3v) is 5.81. The average Bonchev–Trinajstić information content (AvgIpc) is 3.08. The highest BCUT2D eigenvalue weighted by atomic mass is 79.9. The number of methoxy groups -OCH3 is 1. The van der Waals surface area contributed by atoms with Gasteiger partial charge in [0.25, 0.3) is 0 Å². The number of halogens is 4. The van der Waals surface area contributed by atoms with E-state index in [2.05, 4.69) is 28.0 Å². The maximum atomic E-state index is 13.7. The first-order valence-electron chi connectivity index (χ1n) is 10.7. The zero-order valence-electron chi connectivity index (χ0n) is 18.6. The molecule has 0 fully saturated rings. The van der Waals surface area contributed by atoms with Crippen molar-refractivity contribution < 1.29 is 32.5 Å². The number of hydrogen-bond donors (Lipinski definition) is 1. The van der Waals surface area contributed by atoms with E-state index in [0.29, 0.717) is 18.5 Å². The minimum atomic E-state index is -4.67. The van der Waals surface area contributed by atoms with Gasteiger partial charge in [0.05, 0.1) is 13.4 Å². The van der Waals surface area contributed by atoms with Gasteiger partial charge in [0.2, 0.25) is 5.88 Å². The van der Waals surface area contributed by atoms with Crippen molar-refractivity contribution in [1.82, 2.24) is 9.78 Å². The van der Waals surface area contributed by atoms with Crippen LogP contribution in [-0.4, -0.2) is 28.0 Å². The van der Waals surface area contributed by atoms with E-state index in [9.17, 15) is 23.1 Å². The van der Waals surface area contributed by atoms with Gasteiger partial charge in [0.15, 0.2) is 5.56 Å². The molecule has 2 rings (SSSR count). The fourth-order valence-electron chi connectivity index (χ4n) is 3.35. The van der Waals surface area contributed by atoms with Gasteiger partial charge in [-0.1, -0.05) is 63.3 Å². The first kappa shape index (κ1) is 26.8. The lowest BCUT2D eigenvalue weighted by atomic mass is 10.0. The van der Waals surface area contributed by atoms with Gasteiger partial charge < -0.3 is 14.6 Å². The van der Waals surface area contributed by atoms with Crippen LogP contribution >= 0.6 is 15.9 Å². The van der Waals surface area contributed by atoms with Crippen molar-refractivity contribution in [1.29, 1.82) is 0 Å². The Morgan fingerprint density at radius 1 is 1.18 bits per heavy atom. The topological polar surface area (TPSA) is 73.6 Å². The quantitative estimate of drug-likeness (QED) is 0.177. The molecule has 0 amide bonds. The number of carbonyl (C=O) groups is 1. The lowest BCUT2D eigenvalue weighted by Crippen LogP contribution is -2.10. The Labute approximate surface area is 199 Å². The molecule has 0 unspecified atom stereocenters. The summed E-state index contributed by atoms with van der Waals surface area (Å²) < 4.78 is 52.6. The summed E-state index contributed by atoms with van der Waals surface area (Å²) in [6.45, 7) is 2.15. The van der Waals surface area contributed by atoms with Crippen LogP contribution in [0.25, 0.3) is 5.57 Å². The van der Waals surface area contributed by atoms with Crippen LogP contribution in [0.2, 0.25) is 0 Å². The van der Waals surface area contributed by atoms with Crippen LogP contribution in [0.3, 0.4) is 0 Å². The summed E-state index contributed by atoms with van der Waals surface area (Å²) in [5, 5.41) is 13.5. The molecule has 0 aliphatic heterocycles. The van der Waals surface area contributed by atoms with Crippen LogP contribution in [0.4, 0.5) is 13.2 Å². The summed E-state index contributed by atoms with van der Waals surface area (Å²) in [5.41, 5.74) is -0.455. The van der Waals surface area contributed by atoms with Crippen molar-refractivity contribution in [2.75, 3.05) is 7.11 Å². The van der Waals surface area contributed by atoms with E-state index in [-0.39, 0.29) is 22.3 Å². The van der Waals surface area contributed by atoms with Gasteiger partial charge in [-0.25, -0.2) is 4.79 Å². The molecular formula is C23H28BrF3N2O4. The highest BCUT2D eigenvalue weighted by Crippen LogP contribution is 2.41. The fraction of sp³-hybridized carbons (Fsp3) is 0.478. The van der Waals surface area contributed by atoms with E-state index in [1.165, 1.54) is 17.9 Å². The van der Waals surface area contributed by atoms with Gasteiger partial charge in [0, 0.05) is 6.54 Å². The van der Waals surface area contributed by atoms with Crippen LogP contribution in [-0.2, 0) is 28.9 Å². The van der Waals surface area contributed by atoms with E-state index in [1.54, 1.807) is 18.2 Å². The molecule has 0 saturated carbocycles. The van der Waals surface area contributed by atoms with Gasteiger partial charge in [-0.3, -0.25) is 4.68 Å². The molecule has 0 aliphatic rings. The minimum Gasteiger partial charge on any atom is -0.503 e. The smallest absolute Gasteiger partial charge is 0.424 e. The summed E-state index contributed by atoms with van der Waals surface area (Å²) in [5.74, 6) is -1.78. The number of benzene rings is 1. The van der Waals surface area contributed by atoms with E-state index >= 15 is 0 Å². The third-order valence-electron chi connectivity index (χ3n) is 5.00. The standard InChI is InChI=1S/C23H28BrF3N2O4/c1-3-4-5-6-7-10-13-29-20(24)19(23(25,26)27)21(28-29)33-14-16-11-8-9-12-17(16)18(15-32-2)22(30)31/h8-9,11-12,15H,3-7,10,13-14H2,1-2H3,(H,30,31)/b18-15+. The Balaban J connectivity index is 2.23. The van der Waals surface area contributed by atoms with Gasteiger partial charge >= 0.3 is 12.1 Å². The van der Waals surface area contributed by atoms with Crippen molar-refractivity contribution >= 4 is 27.5 Å². The van der Waals surface area contributed by atoms with Gasteiger partial charge in [0.1, 0.15) is 16.8 Å². The maximum absolute atomic E-state index is 13.7. The molecular weight excluding hydrogens is 505 g/mol. The second-order valence-corrected chi connectivity index (χ2v) is 8.23. The zero-order chi connectivity index (χ0) is 24.4. The lowest BCUT2D eigenvalue weighted by Gasteiger charge is -2.12. The summed E-state index contributed by atoms with van der Waals surface area (Å²) >= 11 is 3.03. The van der Waals surface area contributed by atoms with Gasteiger partial charge in [-0.2, -0.15) is 13.2 Å². The molecule has 0 radical (unpaired) electrons. The number of unbranched alkanes of at least 4 members (excludes halogenated alkanes) is 5. The zero-order valence-corrected chi connectivity index (χ0v) is 20.2. The Hall–Kier alpha value is -2.49. The number of aryl methyl sites for hydroxylation is 1.